The molecule has 0 bridgehead atoms. The minimum Gasteiger partial charge on any atom is -0.682 e. The summed E-state index contributed by atoms with van der Waals surface area (Å²) in [5, 5.41) is 0. The average Bonchev–Trinajstić information content (AvgIpc) is 1.91. The molecule has 0 fully saturated rings. The third-order valence-electron chi connectivity index (χ3n) is 0.500. The van der Waals surface area contributed by atoms with E-state index in [1.54, 1.807) is 0 Å². The van der Waals surface area contributed by atoms with E-state index < -0.39 is 0 Å². The molecule has 0 rings (SSSR count). The molecule has 2 nitrogen and oxygen atoms in total. The first-order valence-electron chi connectivity index (χ1n) is 2.64. The highest BCUT2D eigenvalue weighted by atomic mass is 32.7. The van der Waals surface area contributed by atoms with Crippen LogP contribution < -0.4 is 0 Å². The predicted octanol–water partition coefficient (Wildman–Crippen LogP) is 3.29. The summed E-state index contributed by atoms with van der Waals surface area (Å²) in [6.45, 7) is 4.36. The van der Waals surface area contributed by atoms with Crippen LogP contribution in [0.4, 0.5) is 0 Å². The topological polar surface area (TPSA) is 34.1 Å². The molecule has 0 aliphatic carbocycles. The maximum absolute atomic E-state index is 8.72. The molecule has 62 valence electrons. The van der Waals surface area contributed by atoms with Crippen molar-refractivity contribution in [2.24, 2.45) is 0 Å². The summed E-state index contributed by atoms with van der Waals surface area (Å²) in [4.78, 5) is 0. The Bertz CT molecular complexity index is 55.2. The molecule has 0 aliphatic rings. The van der Waals surface area contributed by atoms with Gasteiger partial charge in [0, 0.05) is 0 Å². The van der Waals surface area contributed by atoms with Crippen molar-refractivity contribution in [1.29, 1.82) is 0 Å². The zero-order chi connectivity index (χ0) is 8.83. The van der Waals surface area contributed by atoms with Gasteiger partial charge in [-0.25, -0.2) is 0 Å². The molecule has 0 radical (unpaired) electrons. The average molecular weight is 216 g/mol. The SMILES string of the molecule is CCCC.O=P[S-].O=P[S-]. The monoisotopic (exact) mass is 216 g/mol. The molecule has 10 heavy (non-hydrogen) atoms. The lowest BCUT2D eigenvalue weighted by atomic mass is 10.4. The summed E-state index contributed by atoms with van der Waals surface area (Å²) in [5.41, 5.74) is 0. The molecule has 0 N–H and O–H groups in total. The van der Waals surface area contributed by atoms with Crippen LogP contribution in [0.5, 0.6) is 0 Å². The van der Waals surface area contributed by atoms with Crippen LogP contribution in [0, 0.1) is 0 Å². The fourth-order valence-corrected chi connectivity index (χ4v) is 0. The van der Waals surface area contributed by atoms with Gasteiger partial charge in [0.15, 0.2) is 0 Å². The zero-order valence-corrected chi connectivity index (χ0v) is 9.36. The van der Waals surface area contributed by atoms with Crippen LogP contribution in [0.25, 0.3) is 0 Å². The van der Waals surface area contributed by atoms with Crippen LogP contribution >= 0.6 is 15.3 Å². The summed E-state index contributed by atoms with van der Waals surface area (Å²) in [6.07, 6.45) is 2.64. The maximum Gasteiger partial charge on any atom is -0.0129 e. The van der Waals surface area contributed by atoms with Gasteiger partial charge in [-0.05, 0) is 15.3 Å². The Morgan fingerprint density at radius 1 is 1.00 bits per heavy atom. The van der Waals surface area contributed by atoms with Crippen molar-refractivity contribution < 1.29 is 9.13 Å². The Labute approximate surface area is 75.9 Å². The molecule has 0 saturated heterocycles. The second kappa shape index (κ2) is 32.7. The molecule has 0 aromatic rings. The second-order valence-corrected chi connectivity index (χ2v) is 2.34. The Balaban J connectivity index is -0.0000000750. The minimum absolute atomic E-state index is 0.250. The molecule has 0 unspecified atom stereocenters. The van der Waals surface area contributed by atoms with Crippen LogP contribution in [0.2, 0.25) is 0 Å². The van der Waals surface area contributed by atoms with Gasteiger partial charge in [0.05, 0.1) is 0 Å². The van der Waals surface area contributed by atoms with Gasteiger partial charge in [0.25, 0.3) is 0 Å². The highest BCUT2D eigenvalue weighted by Crippen LogP contribution is 1.76. The Hall–Kier alpha value is 0.900. The van der Waals surface area contributed by atoms with Crippen molar-refractivity contribution >= 4 is 39.8 Å². The molecule has 0 saturated carbocycles. The zero-order valence-electron chi connectivity index (χ0n) is 5.94. The van der Waals surface area contributed by atoms with Crippen molar-refractivity contribution in [3.8, 4) is 0 Å². The fourth-order valence-electron chi connectivity index (χ4n) is 0. The standard InChI is InChI=1S/C4H10.2HOPS/c1-3-4-2;2*1-2-3/h3-4H2,1-2H3;2*(H,1,3)/p-2. The molecular weight excluding hydrogens is 206 g/mol. The highest BCUT2D eigenvalue weighted by Gasteiger charge is 1.56. The van der Waals surface area contributed by atoms with Crippen molar-refractivity contribution in [3.63, 3.8) is 0 Å². The van der Waals surface area contributed by atoms with E-state index in [0.29, 0.717) is 0 Å². The first-order chi connectivity index (χ1) is 4.74. The molecule has 6 heteroatoms. The largest absolute Gasteiger partial charge is 0.682 e. The van der Waals surface area contributed by atoms with Crippen LogP contribution in [-0.2, 0) is 33.6 Å². The fraction of sp³-hybridized carbons (Fsp3) is 1.00. The van der Waals surface area contributed by atoms with Gasteiger partial charge in [0.2, 0.25) is 0 Å². The van der Waals surface area contributed by atoms with Crippen molar-refractivity contribution in [2.45, 2.75) is 26.7 Å². The van der Waals surface area contributed by atoms with Gasteiger partial charge in [-0.2, -0.15) is 0 Å². The number of hydrogen-bond acceptors (Lipinski definition) is 4. The molecule has 0 heterocycles. The Morgan fingerprint density at radius 3 is 1.10 bits per heavy atom. The molecule has 0 aromatic carbocycles. The van der Waals surface area contributed by atoms with Crippen LogP contribution in [0.1, 0.15) is 26.7 Å². The maximum atomic E-state index is 8.72. The third-order valence-corrected chi connectivity index (χ3v) is 0.500. The van der Waals surface area contributed by atoms with E-state index in [0.717, 1.165) is 0 Å². The highest BCUT2D eigenvalue weighted by molar-refractivity contribution is 8.20. The van der Waals surface area contributed by atoms with Crippen molar-refractivity contribution in [3.05, 3.63) is 0 Å². The summed E-state index contributed by atoms with van der Waals surface area (Å²) in [5.74, 6) is 0. The summed E-state index contributed by atoms with van der Waals surface area (Å²) in [6, 6.07) is 0. The molecule has 0 atom stereocenters. The number of hydrogen-bond donors (Lipinski definition) is 0. The van der Waals surface area contributed by atoms with E-state index in [1.807, 2.05) is 0 Å². The van der Waals surface area contributed by atoms with Gasteiger partial charge in [-0.1, -0.05) is 26.7 Å². The molecule has 0 spiro atoms. The molecule has 0 aromatic heterocycles. The lowest BCUT2D eigenvalue weighted by Crippen LogP contribution is -1.47. The van der Waals surface area contributed by atoms with Gasteiger partial charge >= 0.3 is 0 Å². The van der Waals surface area contributed by atoms with E-state index in [4.69, 9.17) is 9.13 Å². The van der Waals surface area contributed by atoms with Crippen LogP contribution in [0.15, 0.2) is 0 Å². The molecule has 0 aliphatic heterocycles. The summed E-state index contributed by atoms with van der Waals surface area (Å²) in [7, 11) is -0.500. The second-order valence-electron chi connectivity index (χ2n) is 1.15. The van der Waals surface area contributed by atoms with Gasteiger partial charge in [-0.3, -0.25) is 0 Å². The van der Waals surface area contributed by atoms with E-state index in [1.165, 1.54) is 12.8 Å². The predicted molar refractivity (Wildman–Crippen MR) is 50.5 cm³/mol. The van der Waals surface area contributed by atoms with E-state index >= 15 is 0 Å². The van der Waals surface area contributed by atoms with E-state index in [-0.39, 0.29) is 15.3 Å². The number of rotatable bonds is 1. The normalized spacial score (nSPS) is 7.20. The lowest BCUT2D eigenvalue weighted by molar-refractivity contribution is 0.605. The molecule has 0 amide bonds. The smallest absolute Gasteiger partial charge is 0.0129 e. The third kappa shape index (κ3) is 154. The molecular formula is C4H10O2P2S2-2. The quantitative estimate of drug-likeness (QED) is 0.497. The first kappa shape index (κ1) is 17.1. The van der Waals surface area contributed by atoms with Gasteiger partial charge in [-0.15, -0.1) is 0 Å². The summed E-state index contributed by atoms with van der Waals surface area (Å²) < 4.78 is 17.4. The van der Waals surface area contributed by atoms with E-state index in [9.17, 15) is 0 Å². The van der Waals surface area contributed by atoms with Crippen LogP contribution in [-0.4, -0.2) is 0 Å². The summed E-state index contributed by atoms with van der Waals surface area (Å²) >= 11 is 7.62. The van der Waals surface area contributed by atoms with Crippen molar-refractivity contribution in [2.75, 3.05) is 0 Å². The van der Waals surface area contributed by atoms with Crippen LogP contribution in [0.3, 0.4) is 0 Å². The first-order valence-corrected chi connectivity index (χ1v) is 6.30. The minimum atomic E-state index is -0.250. The lowest BCUT2D eigenvalue weighted by Gasteiger charge is -1.68. The Morgan fingerprint density at radius 2 is 1.10 bits per heavy atom. The van der Waals surface area contributed by atoms with Gasteiger partial charge < -0.3 is 33.6 Å². The van der Waals surface area contributed by atoms with Crippen molar-refractivity contribution in [1.82, 2.24) is 0 Å². The van der Waals surface area contributed by atoms with E-state index in [2.05, 4.69) is 38.3 Å². The van der Waals surface area contributed by atoms with Gasteiger partial charge in [0.1, 0.15) is 0 Å². The number of unbranched alkanes of at least 4 members (excludes halogenated alkanes) is 1. The Kier molecular flexibility index (Phi) is 55.9.